The molecule has 1 aromatic heterocycles. The lowest BCUT2D eigenvalue weighted by Crippen LogP contribution is -2.35. The summed E-state index contributed by atoms with van der Waals surface area (Å²) in [4.78, 5) is 4.32. The van der Waals surface area contributed by atoms with E-state index in [2.05, 4.69) is 10.1 Å². The van der Waals surface area contributed by atoms with E-state index in [1.807, 2.05) is 0 Å². The zero-order valence-electron chi connectivity index (χ0n) is 13.1. The number of hydrogen-bond acceptors (Lipinski definition) is 5. The van der Waals surface area contributed by atoms with Gasteiger partial charge in [-0.1, -0.05) is 23.4 Å². The summed E-state index contributed by atoms with van der Waals surface area (Å²) in [6.07, 6.45) is -3.45. The van der Waals surface area contributed by atoms with Gasteiger partial charge in [-0.15, -0.1) is 0 Å². The number of benzene rings is 1. The van der Waals surface area contributed by atoms with Crippen LogP contribution in [-0.4, -0.2) is 30.5 Å². The molecule has 5 nitrogen and oxygen atoms in total. The highest BCUT2D eigenvalue weighted by atomic mass is 19.4. The molecule has 0 atom stereocenters. The fraction of sp³-hybridized carbons (Fsp3) is 0.500. The zero-order valence-corrected chi connectivity index (χ0v) is 13.1. The second-order valence-electron chi connectivity index (χ2n) is 5.72. The van der Waals surface area contributed by atoms with Crippen molar-refractivity contribution >= 4 is 0 Å². The van der Waals surface area contributed by atoms with E-state index in [1.54, 1.807) is 6.07 Å². The van der Waals surface area contributed by atoms with E-state index in [9.17, 15) is 13.2 Å². The molecule has 0 N–H and O–H groups in total. The molecule has 8 heteroatoms. The van der Waals surface area contributed by atoms with E-state index in [-0.39, 0.29) is 6.61 Å². The molecule has 0 unspecified atom stereocenters. The Morgan fingerprint density at radius 1 is 1.25 bits per heavy atom. The van der Waals surface area contributed by atoms with Gasteiger partial charge >= 0.3 is 6.18 Å². The number of rotatable bonds is 4. The Labute approximate surface area is 136 Å². The van der Waals surface area contributed by atoms with Crippen molar-refractivity contribution in [2.45, 2.75) is 31.0 Å². The number of methoxy groups -OCH3 is 1. The number of ether oxygens (including phenoxy) is 2. The summed E-state index contributed by atoms with van der Waals surface area (Å²) in [6.45, 7) is 1.01. The summed E-state index contributed by atoms with van der Waals surface area (Å²) in [6, 6.07) is 5.29. The molecule has 130 valence electrons. The fourth-order valence-corrected chi connectivity index (χ4v) is 2.98. The highest BCUT2D eigenvalue weighted by molar-refractivity contribution is 5.36. The van der Waals surface area contributed by atoms with Crippen LogP contribution in [0.4, 0.5) is 13.2 Å². The lowest BCUT2D eigenvalue weighted by molar-refractivity contribution is -0.137. The van der Waals surface area contributed by atoms with Crippen LogP contribution in [0.5, 0.6) is 0 Å². The first kappa shape index (κ1) is 16.9. The third-order valence-corrected chi connectivity index (χ3v) is 4.24. The zero-order chi connectivity index (χ0) is 17.2. The van der Waals surface area contributed by atoms with Crippen LogP contribution < -0.4 is 0 Å². The number of halogens is 3. The van der Waals surface area contributed by atoms with Gasteiger partial charge in [0.25, 0.3) is 0 Å². The van der Waals surface area contributed by atoms with Crippen molar-refractivity contribution < 1.29 is 27.2 Å². The number of nitrogens with zero attached hydrogens (tertiary/aromatic N) is 2. The van der Waals surface area contributed by atoms with E-state index >= 15 is 0 Å². The summed E-state index contributed by atoms with van der Waals surface area (Å²) >= 11 is 0. The second kappa shape index (κ2) is 6.52. The molecule has 0 radical (unpaired) electrons. The first-order valence-electron chi connectivity index (χ1n) is 7.53. The first-order chi connectivity index (χ1) is 11.5. The second-order valence-corrected chi connectivity index (χ2v) is 5.72. The van der Waals surface area contributed by atoms with Gasteiger partial charge in [0.05, 0.1) is 11.0 Å². The highest BCUT2D eigenvalue weighted by Crippen LogP contribution is 2.42. The summed E-state index contributed by atoms with van der Waals surface area (Å²) in [5, 5.41) is 3.85. The van der Waals surface area contributed by atoms with Crippen LogP contribution >= 0.6 is 0 Å². The Morgan fingerprint density at radius 2 is 2.00 bits per heavy atom. The molecule has 3 rings (SSSR count). The largest absolute Gasteiger partial charge is 0.416 e. The van der Waals surface area contributed by atoms with Crippen molar-refractivity contribution in [2.24, 2.45) is 0 Å². The van der Waals surface area contributed by atoms with Crippen molar-refractivity contribution in [3.8, 4) is 0 Å². The average Bonchev–Trinajstić information content (AvgIpc) is 3.04. The minimum Gasteiger partial charge on any atom is -0.381 e. The Hall–Kier alpha value is -1.93. The van der Waals surface area contributed by atoms with Crippen LogP contribution in [0.25, 0.3) is 0 Å². The van der Waals surface area contributed by atoms with Crippen molar-refractivity contribution in [1.29, 1.82) is 0 Å². The fourth-order valence-electron chi connectivity index (χ4n) is 2.98. The van der Waals surface area contributed by atoms with Crippen LogP contribution in [0, 0.1) is 0 Å². The third kappa shape index (κ3) is 3.16. The molecule has 24 heavy (non-hydrogen) atoms. The third-order valence-electron chi connectivity index (χ3n) is 4.24. The van der Waals surface area contributed by atoms with E-state index in [4.69, 9.17) is 14.0 Å². The van der Waals surface area contributed by atoms with Crippen LogP contribution in [0.3, 0.4) is 0 Å². The van der Waals surface area contributed by atoms with Gasteiger partial charge in [0.1, 0.15) is 6.61 Å². The minimum absolute atomic E-state index is 0.179. The summed E-state index contributed by atoms with van der Waals surface area (Å²) in [5.74, 6) is 0.669. The van der Waals surface area contributed by atoms with Crippen molar-refractivity contribution in [3.63, 3.8) is 0 Å². The number of aromatic nitrogens is 2. The van der Waals surface area contributed by atoms with Gasteiger partial charge in [-0.2, -0.15) is 18.2 Å². The molecule has 0 spiro atoms. The monoisotopic (exact) mass is 342 g/mol. The standard InChI is InChI=1S/C16H17F3N2O3/c1-22-10-13-20-14(24-21-13)15(5-7-23-8-6-15)11-3-2-4-12(9-11)16(17,18)19/h2-4,9H,5-8,10H2,1H3. The number of alkyl halides is 3. The first-order valence-corrected chi connectivity index (χ1v) is 7.53. The van der Waals surface area contributed by atoms with E-state index < -0.39 is 17.2 Å². The van der Waals surface area contributed by atoms with Crippen LogP contribution in [0.1, 0.15) is 35.7 Å². The quantitative estimate of drug-likeness (QED) is 0.853. The molecule has 1 saturated heterocycles. The van der Waals surface area contributed by atoms with Gasteiger partial charge in [-0.05, 0) is 24.5 Å². The van der Waals surface area contributed by atoms with Gasteiger partial charge in [0.15, 0.2) is 5.82 Å². The molecule has 2 aromatic rings. The maximum atomic E-state index is 13.1. The van der Waals surface area contributed by atoms with Gasteiger partial charge < -0.3 is 14.0 Å². The highest BCUT2D eigenvalue weighted by Gasteiger charge is 2.43. The van der Waals surface area contributed by atoms with Gasteiger partial charge in [0, 0.05) is 20.3 Å². The van der Waals surface area contributed by atoms with Gasteiger partial charge in [-0.3, -0.25) is 0 Å². The van der Waals surface area contributed by atoms with Crippen molar-refractivity contribution in [3.05, 3.63) is 47.1 Å². The van der Waals surface area contributed by atoms with Crippen LogP contribution in [-0.2, 0) is 27.7 Å². The Bertz CT molecular complexity index is 694. The van der Waals surface area contributed by atoms with Gasteiger partial charge in [0.2, 0.25) is 5.89 Å². The summed E-state index contributed by atoms with van der Waals surface area (Å²) < 4.78 is 54.9. The lowest BCUT2D eigenvalue weighted by Gasteiger charge is -2.34. The Balaban J connectivity index is 2.05. The molecule has 1 aliphatic heterocycles. The Morgan fingerprint density at radius 3 is 2.67 bits per heavy atom. The molecule has 1 fully saturated rings. The predicted molar refractivity (Wildman–Crippen MR) is 77.3 cm³/mol. The van der Waals surface area contributed by atoms with E-state index in [0.29, 0.717) is 43.3 Å². The van der Waals surface area contributed by atoms with Crippen molar-refractivity contribution in [1.82, 2.24) is 10.1 Å². The van der Waals surface area contributed by atoms with Gasteiger partial charge in [-0.25, -0.2) is 0 Å². The molecular formula is C16H17F3N2O3. The predicted octanol–water partition coefficient (Wildman–Crippen LogP) is 3.33. The van der Waals surface area contributed by atoms with Crippen LogP contribution in [0.15, 0.2) is 28.8 Å². The topological polar surface area (TPSA) is 57.4 Å². The molecule has 1 aliphatic rings. The normalized spacial score (nSPS) is 17.8. The molecule has 0 saturated carbocycles. The van der Waals surface area contributed by atoms with E-state index in [0.717, 1.165) is 12.1 Å². The molecule has 0 amide bonds. The molecular weight excluding hydrogens is 325 g/mol. The Kier molecular flexibility index (Phi) is 4.60. The molecule has 0 bridgehead atoms. The smallest absolute Gasteiger partial charge is 0.381 e. The average molecular weight is 342 g/mol. The van der Waals surface area contributed by atoms with Crippen molar-refractivity contribution in [2.75, 3.05) is 20.3 Å². The SMILES string of the molecule is COCc1noc(C2(c3cccc(C(F)(F)F)c3)CCOCC2)n1. The van der Waals surface area contributed by atoms with Crippen LogP contribution in [0.2, 0.25) is 0 Å². The number of hydrogen-bond donors (Lipinski definition) is 0. The molecule has 0 aliphatic carbocycles. The maximum Gasteiger partial charge on any atom is 0.416 e. The minimum atomic E-state index is -4.40. The molecule has 1 aromatic carbocycles. The maximum absolute atomic E-state index is 13.1. The summed E-state index contributed by atoms with van der Waals surface area (Å²) in [5.41, 5.74) is -0.964. The van der Waals surface area contributed by atoms with E-state index in [1.165, 1.54) is 13.2 Å². The molecule has 2 heterocycles. The summed E-state index contributed by atoms with van der Waals surface area (Å²) in [7, 11) is 1.51. The lowest BCUT2D eigenvalue weighted by atomic mass is 9.73.